The molecule has 0 unspecified atom stereocenters. The van der Waals surface area contributed by atoms with Crippen molar-refractivity contribution >= 4 is 15.9 Å². The second-order valence-electron chi connectivity index (χ2n) is 7.65. The van der Waals surface area contributed by atoms with Crippen LogP contribution in [0.3, 0.4) is 0 Å². The standard InChI is InChI=1S/C23H30N2O4S/c1-19-7-6-8-21(17-19)29-16-5-2-9-23(26)24-18-20-10-12-22(13-11-20)30(27,28)25-14-3-4-15-25/h6-8,10-13,17H,2-5,9,14-16,18H2,1H3,(H,24,26). The van der Waals surface area contributed by atoms with Crippen LogP contribution in [-0.4, -0.2) is 38.3 Å². The Kier molecular flexibility index (Phi) is 7.87. The molecule has 0 saturated carbocycles. The molecule has 1 heterocycles. The normalized spacial score (nSPS) is 14.6. The van der Waals surface area contributed by atoms with Crippen LogP contribution in [0.5, 0.6) is 5.75 Å². The number of amides is 1. The lowest BCUT2D eigenvalue weighted by molar-refractivity contribution is -0.121. The van der Waals surface area contributed by atoms with E-state index in [-0.39, 0.29) is 5.91 Å². The second kappa shape index (κ2) is 10.6. The largest absolute Gasteiger partial charge is 0.494 e. The number of sulfonamides is 1. The van der Waals surface area contributed by atoms with Crippen LogP contribution in [0.15, 0.2) is 53.4 Å². The molecule has 162 valence electrons. The van der Waals surface area contributed by atoms with Crippen LogP contribution in [0.4, 0.5) is 0 Å². The van der Waals surface area contributed by atoms with Crippen LogP contribution in [0, 0.1) is 6.92 Å². The van der Waals surface area contributed by atoms with E-state index in [0.29, 0.717) is 37.6 Å². The van der Waals surface area contributed by atoms with Crippen molar-refractivity contribution in [2.45, 2.75) is 50.5 Å². The van der Waals surface area contributed by atoms with Crippen LogP contribution in [0.2, 0.25) is 0 Å². The third-order valence-corrected chi connectivity index (χ3v) is 7.09. The van der Waals surface area contributed by atoms with Crippen LogP contribution in [-0.2, 0) is 21.4 Å². The van der Waals surface area contributed by atoms with Gasteiger partial charge in [-0.2, -0.15) is 4.31 Å². The van der Waals surface area contributed by atoms with Gasteiger partial charge in [0, 0.05) is 26.1 Å². The van der Waals surface area contributed by atoms with Crippen molar-refractivity contribution in [3.05, 3.63) is 59.7 Å². The SMILES string of the molecule is Cc1cccc(OCCCCC(=O)NCc2ccc(S(=O)(=O)N3CCCC3)cc2)c1. The first kappa shape index (κ1) is 22.3. The topological polar surface area (TPSA) is 75.7 Å². The zero-order chi connectivity index (χ0) is 21.4. The summed E-state index contributed by atoms with van der Waals surface area (Å²) in [5.74, 6) is 0.842. The Morgan fingerprint density at radius 3 is 2.50 bits per heavy atom. The lowest BCUT2D eigenvalue weighted by atomic mass is 10.2. The molecule has 1 fully saturated rings. The number of ether oxygens (including phenoxy) is 1. The highest BCUT2D eigenvalue weighted by Crippen LogP contribution is 2.21. The van der Waals surface area contributed by atoms with Crippen LogP contribution in [0.1, 0.15) is 43.2 Å². The van der Waals surface area contributed by atoms with Gasteiger partial charge < -0.3 is 10.1 Å². The summed E-state index contributed by atoms with van der Waals surface area (Å²) in [6.07, 6.45) is 3.84. The average molecular weight is 431 g/mol. The summed E-state index contributed by atoms with van der Waals surface area (Å²) in [7, 11) is -3.39. The van der Waals surface area contributed by atoms with Crippen LogP contribution < -0.4 is 10.1 Å². The molecule has 6 nitrogen and oxygen atoms in total. The Labute approximate surface area is 179 Å². The van der Waals surface area contributed by atoms with Crippen molar-refractivity contribution in [1.82, 2.24) is 9.62 Å². The smallest absolute Gasteiger partial charge is 0.243 e. The zero-order valence-electron chi connectivity index (χ0n) is 17.5. The molecule has 0 aromatic heterocycles. The first-order chi connectivity index (χ1) is 14.4. The Morgan fingerprint density at radius 1 is 1.07 bits per heavy atom. The summed E-state index contributed by atoms with van der Waals surface area (Å²) in [5, 5.41) is 2.89. The van der Waals surface area contributed by atoms with E-state index in [9.17, 15) is 13.2 Å². The van der Waals surface area contributed by atoms with E-state index < -0.39 is 10.0 Å². The lowest BCUT2D eigenvalue weighted by Gasteiger charge is -2.15. The highest BCUT2D eigenvalue weighted by Gasteiger charge is 2.26. The maximum absolute atomic E-state index is 12.5. The van der Waals surface area contributed by atoms with Crippen molar-refractivity contribution < 1.29 is 17.9 Å². The highest BCUT2D eigenvalue weighted by molar-refractivity contribution is 7.89. The molecule has 1 saturated heterocycles. The van der Waals surface area contributed by atoms with Gasteiger partial charge in [-0.3, -0.25) is 4.79 Å². The number of nitrogens with zero attached hydrogens (tertiary/aromatic N) is 1. The Hall–Kier alpha value is -2.38. The number of rotatable bonds is 10. The molecule has 3 rings (SSSR count). The molecule has 0 spiro atoms. The quantitative estimate of drug-likeness (QED) is 0.584. The fraction of sp³-hybridized carbons (Fsp3) is 0.435. The molecular formula is C23H30N2O4S. The first-order valence-corrected chi connectivity index (χ1v) is 11.9. The van der Waals surface area contributed by atoms with Gasteiger partial charge in [0.05, 0.1) is 11.5 Å². The third-order valence-electron chi connectivity index (χ3n) is 5.17. The maximum atomic E-state index is 12.5. The van der Waals surface area contributed by atoms with Crippen molar-refractivity contribution in [3.63, 3.8) is 0 Å². The maximum Gasteiger partial charge on any atom is 0.243 e. The summed E-state index contributed by atoms with van der Waals surface area (Å²) in [5.41, 5.74) is 2.04. The predicted molar refractivity (Wildman–Crippen MR) is 117 cm³/mol. The minimum atomic E-state index is -3.39. The molecule has 0 radical (unpaired) electrons. The molecule has 1 amide bonds. The van der Waals surface area contributed by atoms with E-state index in [2.05, 4.69) is 5.32 Å². The average Bonchev–Trinajstić information content (AvgIpc) is 3.28. The van der Waals surface area contributed by atoms with E-state index in [1.54, 1.807) is 24.3 Å². The minimum Gasteiger partial charge on any atom is -0.494 e. The van der Waals surface area contributed by atoms with E-state index in [1.165, 1.54) is 4.31 Å². The summed E-state index contributed by atoms with van der Waals surface area (Å²) in [6.45, 7) is 4.19. The lowest BCUT2D eigenvalue weighted by Crippen LogP contribution is -2.27. The van der Waals surface area contributed by atoms with Crippen molar-refractivity contribution in [1.29, 1.82) is 0 Å². The molecule has 0 aliphatic carbocycles. The van der Waals surface area contributed by atoms with Gasteiger partial charge in [0.25, 0.3) is 0 Å². The molecule has 0 atom stereocenters. The predicted octanol–water partition coefficient (Wildman–Crippen LogP) is 3.65. The van der Waals surface area contributed by atoms with Crippen molar-refractivity contribution in [2.24, 2.45) is 0 Å². The van der Waals surface area contributed by atoms with E-state index in [1.807, 2.05) is 31.2 Å². The molecule has 30 heavy (non-hydrogen) atoms. The number of hydrogen-bond donors (Lipinski definition) is 1. The number of unbranched alkanes of at least 4 members (excludes halogenated alkanes) is 1. The summed E-state index contributed by atoms with van der Waals surface area (Å²) >= 11 is 0. The molecular weight excluding hydrogens is 400 g/mol. The Balaban J connectivity index is 1.35. The molecule has 7 heteroatoms. The number of benzene rings is 2. The summed E-state index contributed by atoms with van der Waals surface area (Å²) in [6, 6.07) is 14.7. The number of carbonyl (C=O) groups is 1. The van der Waals surface area contributed by atoms with Gasteiger partial charge in [0.1, 0.15) is 5.75 Å². The Bertz CT molecular complexity index is 936. The van der Waals surface area contributed by atoms with E-state index in [4.69, 9.17) is 4.74 Å². The van der Waals surface area contributed by atoms with Crippen LogP contribution in [0.25, 0.3) is 0 Å². The van der Waals surface area contributed by atoms with Gasteiger partial charge in [-0.25, -0.2) is 8.42 Å². The number of aryl methyl sites for hydroxylation is 1. The van der Waals surface area contributed by atoms with Gasteiger partial charge >= 0.3 is 0 Å². The van der Waals surface area contributed by atoms with Crippen molar-refractivity contribution in [3.8, 4) is 5.75 Å². The van der Waals surface area contributed by atoms with Gasteiger partial charge in [-0.15, -0.1) is 0 Å². The second-order valence-corrected chi connectivity index (χ2v) is 9.59. The van der Waals surface area contributed by atoms with Gasteiger partial charge in [0.2, 0.25) is 15.9 Å². The molecule has 1 N–H and O–H groups in total. The molecule has 0 bridgehead atoms. The molecule has 2 aromatic carbocycles. The van der Waals surface area contributed by atoms with Gasteiger partial charge in [-0.1, -0.05) is 24.3 Å². The van der Waals surface area contributed by atoms with Crippen LogP contribution >= 0.6 is 0 Å². The van der Waals surface area contributed by atoms with E-state index in [0.717, 1.165) is 42.6 Å². The zero-order valence-corrected chi connectivity index (χ0v) is 18.3. The fourth-order valence-corrected chi connectivity index (χ4v) is 4.95. The van der Waals surface area contributed by atoms with Gasteiger partial charge in [-0.05, 0) is 68.0 Å². The third kappa shape index (κ3) is 6.31. The highest BCUT2D eigenvalue weighted by atomic mass is 32.2. The number of carbonyl (C=O) groups excluding carboxylic acids is 1. The van der Waals surface area contributed by atoms with E-state index >= 15 is 0 Å². The first-order valence-electron chi connectivity index (χ1n) is 10.5. The van der Waals surface area contributed by atoms with Gasteiger partial charge in [0.15, 0.2) is 0 Å². The Morgan fingerprint density at radius 2 is 1.80 bits per heavy atom. The summed E-state index contributed by atoms with van der Waals surface area (Å²) in [4.78, 5) is 12.4. The molecule has 1 aliphatic rings. The molecule has 2 aromatic rings. The molecule has 1 aliphatic heterocycles. The minimum absolute atomic E-state index is 0.0145. The van der Waals surface area contributed by atoms with Crippen molar-refractivity contribution in [2.75, 3.05) is 19.7 Å². The number of nitrogens with one attached hydrogen (secondary N) is 1. The fourth-order valence-electron chi connectivity index (χ4n) is 3.43. The number of hydrogen-bond acceptors (Lipinski definition) is 4. The summed E-state index contributed by atoms with van der Waals surface area (Å²) < 4.78 is 32.3. The monoisotopic (exact) mass is 430 g/mol.